The number of anilines is 1. The number of nitrogens with one attached hydrogen (secondary N) is 1. The Kier molecular flexibility index (Phi) is 5.23. The van der Waals surface area contributed by atoms with Crippen molar-refractivity contribution >= 4 is 11.6 Å². The predicted molar refractivity (Wildman–Crippen MR) is 87.4 cm³/mol. The second-order valence-electron chi connectivity index (χ2n) is 6.39. The van der Waals surface area contributed by atoms with Gasteiger partial charge < -0.3 is 15.1 Å². The minimum Gasteiger partial charge on any atom is -0.378 e. The van der Waals surface area contributed by atoms with E-state index in [4.69, 9.17) is 0 Å². The van der Waals surface area contributed by atoms with Crippen molar-refractivity contribution in [1.82, 2.24) is 10.2 Å². The standard InChI is InChI=1S/C17H27N3O/c1-13-9-10-18-16(11-13)17(21)20(4)12-14-5-7-15(8-6-14)19(2)3/h5-8,13,16,18H,9-12H2,1-4H3. The summed E-state index contributed by atoms with van der Waals surface area (Å²) in [5.74, 6) is 0.839. The summed E-state index contributed by atoms with van der Waals surface area (Å²) in [6.07, 6.45) is 2.11. The van der Waals surface area contributed by atoms with Gasteiger partial charge in [-0.05, 0) is 43.0 Å². The molecule has 4 heteroatoms. The fraction of sp³-hybridized carbons (Fsp3) is 0.588. The van der Waals surface area contributed by atoms with Crippen LogP contribution in [0.3, 0.4) is 0 Å². The maximum Gasteiger partial charge on any atom is 0.239 e. The molecular formula is C17H27N3O. The molecule has 1 aliphatic rings. The second kappa shape index (κ2) is 6.94. The minimum atomic E-state index is -0.0141. The summed E-state index contributed by atoms with van der Waals surface area (Å²) in [6.45, 7) is 3.84. The third-order valence-electron chi connectivity index (χ3n) is 4.21. The molecule has 0 bridgehead atoms. The smallest absolute Gasteiger partial charge is 0.239 e. The first-order valence-corrected chi connectivity index (χ1v) is 7.72. The highest BCUT2D eigenvalue weighted by Crippen LogP contribution is 2.18. The average Bonchev–Trinajstić information content (AvgIpc) is 2.47. The van der Waals surface area contributed by atoms with E-state index in [0.717, 1.165) is 13.0 Å². The Morgan fingerprint density at radius 1 is 1.24 bits per heavy atom. The zero-order valence-electron chi connectivity index (χ0n) is 13.6. The van der Waals surface area contributed by atoms with Gasteiger partial charge in [-0.1, -0.05) is 19.1 Å². The molecule has 1 aromatic rings. The van der Waals surface area contributed by atoms with Crippen LogP contribution in [-0.4, -0.2) is 44.5 Å². The van der Waals surface area contributed by atoms with Gasteiger partial charge in [0.05, 0.1) is 6.04 Å². The lowest BCUT2D eigenvalue weighted by molar-refractivity contribution is -0.133. The second-order valence-corrected chi connectivity index (χ2v) is 6.39. The molecule has 1 heterocycles. The van der Waals surface area contributed by atoms with Crippen LogP contribution in [0.15, 0.2) is 24.3 Å². The lowest BCUT2D eigenvalue weighted by Crippen LogP contribution is -2.48. The van der Waals surface area contributed by atoms with Crippen LogP contribution in [0.5, 0.6) is 0 Å². The van der Waals surface area contributed by atoms with Crippen molar-refractivity contribution in [3.05, 3.63) is 29.8 Å². The molecule has 0 aromatic heterocycles. The zero-order valence-corrected chi connectivity index (χ0v) is 13.6. The van der Waals surface area contributed by atoms with Crippen molar-refractivity contribution in [2.45, 2.75) is 32.4 Å². The lowest BCUT2D eigenvalue weighted by Gasteiger charge is -2.30. The summed E-state index contributed by atoms with van der Waals surface area (Å²) in [5.41, 5.74) is 2.34. The van der Waals surface area contributed by atoms with E-state index in [1.807, 2.05) is 26.0 Å². The van der Waals surface area contributed by atoms with Gasteiger partial charge in [0.25, 0.3) is 0 Å². The van der Waals surface area contributed by atoms with Gasteiger partial charge in [0, 0.05) is 33.4 Å². The fourth-order valence-electron chi connectivity index (χ4n) is 2.81. The molecule has 21 heavy (non-hydrogen) atoms. The number of likely N-dealkylation sites (N-methyl/N-ethyl adjacent to an activating group) is 1. The van der Waals surface area contributed by atoms with E-state index in [-0.39, 0.29) is 11.9 Å². The van der Waals surface area contributed by atoms with Gasteiger partial charge in [0.2, 0.25) is 5.91 Å². The van der Waals surface area contributed by atoms with Crippen molar-refractivity contribution in [1.29, 1.82) is 0 Å². The Balaban J connectivity index is 1.93. The number of carbonyl (C=O) groups excluding carboxylic acids is 1. The number of hydrogen-bond donors (Lipinski definition) is 1. The highest BCUT2D eigenvalue weighted by molar-refractivity contribution is 5.81. The number of amides is 1. The van der Waals surface area contributed by atoms with Crippen molar-refractivity contribution in [3.63, 3.8) is 0 Å². The first kappa shape index (κ1) is 15.8. The third kappa shape index (κ3) is 4.21. The molecule has 1 aromatic carbocycles. The van der Waals surface area contributed by atoms with E-state index < -0.39 is 0 Å². The van der Waals surface area contributed by atoms with Crippen LogP contribution >= 0.6 is 0 Å². The Bertz CT molecular complexity index is 469. The predicted octanol–water partition coefficient (Wildman–Crippen LogP) is 2.10. The number of benzene rings is 1. The van der Waals surface area contributed by atoms with Crippen molar-refractivity contribution in [2.24, 2.45) is 5.92 Å². The van der Waals surface area contributed by atoms with Gasteiger partial charge >= 0.3 is 0 Å². The zero-order chi connectivity index (χ0) is 15.4. The Labute approximate surface area is 128 Å². The van der Waals surface area contributed by atoms with Gasteiger partial charge in [-0.2, -0.15) is 0 Å². The van der Waals surface area contributed by atoms with Crippen molar-refractivity contribution in [3.8, 4) is 0 Å². The van der Waals surface area contributed by atoms with Crippen LogP contribution in [-0.2, 0) is 11.3 Å². The molecular weight excluding hydrogens is 262 g/mol. The first-order valence-electron chi connectivity index (χ1n) is 7.72. The highest BCUT2D eigenvalue weighted by Gasteiger charge is 2.26. The minimum absolute atomic E-state index is 0.0141. The van der Waals surface area contributed by atoms with Crippen LogP contribution in [0.1, 0.15) is 25.3 Å². The van der Waals surface area contributed by atoms with Crippen molar-refractivity contribution in [2.75, 3.05) is 32.6 Å². The number of hydrogen-bond acceptors (Lipinski definition) is 3. The summed E-state index contributed by atoms with van der Waals surface area (Å²) in [5, 5.41) is 3.34. The van der Waals surface area contributed by atoms with Gasteiger partial charge in [-0.15, -0.1) is 0 Å². The summed E-state index contributed by atoms with van der Waals surface area (Å²) in [6, 6.07) is 8.36. The topological polar surface area (TPSA) is 35.6 Å². The average molecular weight is 289 g/mol. The first-order chi connectivity index (χ1) is 9.97. The van der Waals surface area contributed by atoms with Gasteiger partial charge in [-0.25, -0.2) is 0 Å². The molecule has 1 saturated heterocycles. The van der Waals surface area contributed by atoms with E-state index >= 15 is 0 Å². The Morgan fingerprint density at radius 3 is 2.48 bits per heavy atom. The van der Waals surface area contributed by atoms with Crippen LogP contribution in [0.4, 0.5) is 5.69 Å². The molecule has 1 fully saturated rings. The molecule has 1 amide bonds. The molecule has 2 atom stereocenters. The molecule has 4 nitrogen and oxygen atoms in total. The number of nitrogens with zero attached hydrogens (tertiary/aromatic N) is 2. The van der Waals surface area contributed by atoms with Crippen LogP contribution in [0.2, 0.25) is 0 Å². The molecule has 0 saturated carbocycles. The maximum absolute atomic E-state index is 12.5. The summed E-state index contributed by atoms with van der Waals surface area (Å²) < 4.78 is 0. The van der Waals surface area contributed by atoms with Gasteiger partial charge in [0.15, 0.2) is 0 Å². The van der Waals surface area contributed by atoms with Gasteiger partial charge in [-0.3, -0.25) is 4.79 Å². The maximum atomic E-state index is 12.5. The summed E-state index contributed by atoms with van der Waals surface area (Å²) in [7, 11) is 5.95. The van der Waals surface area contributed by atoms with E-state index in [2.05, 4.69) is 41.4 Å². The number of carbonyl (C=O) groups is 1. The number of piperidine rings is 1. The Hall–Kier alpha value is -1.55. The molecule has 0 radical (unpaired) electrons. The third-order valence-corrected chi connectivity index (χ3v) is 4.21. The molecule has 2 rings (SSSR count). The van der Waals surface area contributed by atoms with E-state index in [1.165, 1.54) is 17.7 Å². The normalized spacial score (nSPS) is 21.9. The van der Waals surface area contributed by atoms with E-state index in [1.54, 1.807) is 0 Å². The van der Waals surface area contributed by atoms with Gasteiger partial charge in [0.1, 0.15) is 0 Å². The molecule has 1 aliphatic heterocycles. The molecule has 0 aliphatic carbocycles. The summed E-state index contributed by atoms with van der Waals surface area (Å²) in [4.78, 5) is 16.4. The van der Waals surface area contributed by atoms with E-state index in [0.29, 0.717) is 12.5 Å². The SMILES string of the molecule is CC1CCNC(C(=O)N(C)Cc2ccc(N(C)C)cc2)C1. The van der Waals surface area contributed by atoms with Crippen LogP contribution in [0.25, 0.3) is 0 Å². The largest absolute Gasteiger partial charge is 0.378 e. The molecule has 2 unspecified atom stereocenters. The Morgan fingerprint density at radius 2 is 1.90 bits per heavy atom. The number of rotatable bonds is 4. The van der Waals surface area contributed by atoms with Crippen LogP contribution in [0, 0.1) is 5.92 Å². The monoisotopic (exact) mass is 289 g/mol. The van der Waals surface area contributed by atoms with E-state index in [9.17, 15) is 4.79 Å². The quantitative estimate of drug-likeness (QED) is 0.922. The summed E-state index contributed by atoms with van der Waals surface area (Å²) >= 11 is 0. The lowest BCUT2D eigenvalue weighted by atomic mass is 9.93. The molecule has 1 N–H and O–H groups in total. The van der Waals surface area contributed by atoms with Crippen LogP contribution < -0.4 is 10.2 Å². The fourth-order valence-corrected chi connectivity index (χ4v) is 2.81. The highest BCUT2D eigenvalue weighted by atomic mass is 16.2. The molecule has 0 spiro atoms. The molecule has 116 valence electrons. The van der Waals surface area contributed by atoms with Crippen molar-refractivity contribution < 1.29 is 4.79 Å².